The Morgan fingerprint density at radius 1 is 1.38 bits per heavy atom. The number of hydrogen-bond acceptors (Lipinski definition) is 5. The van der Waals surface area contributed by atoms with E-state index in [-0.39, 0.29) is 23.9 Å². The molecule has 26 heavy (non-hydrogen) atoms. The molecule has 2 N–H and O–H groups in total. The van der Waals surface area contributed by atoms with Crippen LogP contribution < -0.4 is 10.6 Å². The number of fused-ring (bicyclic) bond motifs is 2. The van der Waals surface area contributed by atoms with E-state index in [4.69, 9.17) is 0 Å². The van der Waals surface area contributed by atoms with Crippen molar-refractivity contribution < 1.29 is 9.59 Å². The zero-order valence-corrected chi connectivity index (χ0v) is 16.4. The number of carbonyl (C=O) groups is 2. The van der Waals surface area contributed by atoms with E-state index in [9.17, 15) is 9.59 Å². The molecule has 1 aromatic carbocycles. The number of aromatic nitrogens is 1. The van der Waals surface area contributed by atoms with Crippen LogP contribution >= 0.6 is 23.1 Å². The summed E-state index contributed by atoms with van der Waals surface area (Å²) in [7, 11) is 0. The summed E-state index contributed by atoms with van der Waals surface area (Å²) in [6, 6.07) is 8.39. The molecule has 2 aliphatic rings. The lowest BCUT2D eigenvalue weighted by atomic mass is 9.72. The monoisotopic (exact) mass is 389 g/mol. The van der Waals surface area contributed by atoms with Crippen molar-refractivity contribution >= 4 is 45.1 Å². The van der Waals surface area contributed by atoms with Gasteiger partial charge in [0, 0.05) is 18.5 Å². The van der Waals surface area contributed by atoms with Crippen LogP contribution in [-0.4, -0.2) is 34.6 Å². The molecule has 1 aliphatic heterocycles. The maximum absolute atomic E-state index is 12.3. The van der Waals surface area contributed by atoms with Gasteiger partial charge in [0.15, 0.2) is 4.34 Å². The SMILES string of the molecule is CC1CC(=O)NC2CC(NC(=O)CSc3nc4ccccc4s3)CCC12. The fourth-order valence-electron chi connectivity index (χ4n) is 4.19. The first-order valence-electron chi connectivity index (χ1n) is 9.15. The molecule has 1 saturated carbocycles. The zero-order chi connectivity index (χ0) is 18.1. The molecule has 138 valence electrons. The Labute approximate surface area is 161 Å². The topological polar surface area (TPSA) is 71.1 Å². The number of hydrogen-bond donors (Lipinski definition) is 2. The summed E-state index contributed by atoms with van der Waals surface area (Å²) >= 11 is 3.12. The Morgan fingerprint density at radius 3 is 3.08 bits per heavy atom. The molecule has 0 spiro atoms. The third kappa shape index (κ3) is 3.88. The van der Waals surface area contributed by atoms with Crippen molar-refractivity contribution in [1.82, 2.24) is 15.6 Å². The van der Waals surface area contributed by atoms with E-state index in [0.29, 0.717) is 24.0 Å². The van der Waals surface area contributed by atoms with Crippen molar-refractivity contribution in [2.24, 2.45) is 11.8 Å². The smallest absolute Gasteiger partial charge is 0.230 e. The van der Waals surface area contributed by atoms with Crippen LogP contribution in [0, 0.1) is 11.8 Å². The maximum atomic E-state index is 12.3. The van der Waals surface area contributed by atoms with Crippen molar-refractivity contribution in [2.75, 3.05) is 5.75 Å². The normalized spacial score (nSPS) is 28.4. The van der Waals surface area contributed by atoms with Crippen molar-refractivity contribution in [3.8, 4) is 0 Å². The number of thioether (sulfide) groups is 1. The van der Waals surface area contributed by atoms with Gasteiger partial charge in [-0.25, -0.2) is 4.98 Å². The highest BCUT2D eigenvalue weighted by Crippen LogP contribution is 2.35. The van der Waals surface area contributed by atoms with Crippen LogP contribution in [0.4, 0.5) is 0 Å². The summed E-state index contributed by atoms with van der Waals surface area (Å²) in [4.78, 5) is 28.7. The van der Waals surface area contributed by atoms with Crippen molar-refractivity contribution in [3.05, 3.63) is 24.3 Å². The molecule has 0 bridgehead atoms. The van der Waals surface area contributed by atoms with Gasteiger partial charge in [-0.2, -0.15) is 0 Å². The third-order valence-corrected chi connectivity index (χ3v) is 7.63. The molecule has 4 atom stereocenters. The zero-order valence-electron chi connectivity index (χ0n) is 14.7. The van der Waals surface area contributed by atoms with E-state index in [1.54, 1.807) is 11.3 Å². The standard InChI is InChI=1S/C19H23N3O2S2/c1-11-8-17(23)21-15-9-12(6-7-13(11)15)20-18(24)10-25-19-22-14-4-2-3-5-16(14)26-19/h2-5,11-13,15H,6-10H2,1H3,(H,20,24)(H,21,23). The Morgan fingerprint density at radius 2 is 2.23 bits per heavy atom. The molecule has 4 rings (SSSR count). The Balaban J connectivity index is 1.29. The van der Waals surface area contributed by atoms with Gasteiger partial charge in [0.05, 0.1) is 16.0 Å². The van der Waals surface area contributed by atoms with E-state index >= 15 is 0 Å². The molecular formula is C19H23N3O2S2. The van der Waals surface area contributed by atoms with Crippen LogP contribution in [0.3, 0.4) is 0 Å². The van der Waals surface area contributed by atoms with E-state index in [1.807, 2.05) is 18.2 Å². The number of benzene rings is 1. The quantitative estimate of drug-likeness (QED) is 0.788. The lowest BCUT2D eigenvalue weighted by Crippen LogP contribution is -2.55. The highest BCUT2D eigenvalue weighted by atomic mass is 32.2. The third-order valence-electron chi connectivity index (χ3n) is 5.45. The van der Waals surface area contributed by atoms with Gasteiger partial charge in [-0.1, -0.05) is 30.8 Å². The molecule has 7 heteroatoms. The Hall–Kier alpha value is -1.60. The first kappa shape index (κ1) is 17.8. The number of carbonyl (C=O) groups excluding carboxylic acids is 2. The fraction of sp³-hybridized carbons (Fsp3) is 0.526. The molecule has 2 amide bonds. The average Bonchev–Trinajstić information content (AvgIpc) is 3.02. The van der Waals surface area contributed by atoms with Crippen LogP contribution in [0.2, 0.25) is 0 Å². The number of para-hydroxylation sites is 1. The van der Waals surface area contributed by atoms with Crippen LogP contribution in [0.5, 0.6) is 0 Å². The second-order valence-corrected chi connectivity index (χ2v) is 9.59. The minimum atomic E-state index is 0.0490. The summed E-state index contributed by atoms with van der Waals surface area (Å²) in [6.45, 7) is 2.17. The highest BCUT2D eigenvalue weighted by molar-refractivity contribution is 8.01. The molecule has 2 aromatic rings. The van der Waals surface area contributed by atoms with Crippen LogP contribution in [0.1, 0.15) is 32.6 Å². The molecule has 2 fully saturated rings. The Bertz CT molecular complexity index is 789. The molecule has 1 aromatic heterocycles. The van der Waals surface area contributed by atoms with Crippen LogP contribution in [-0.2, 0) is 9.59 Å². The molecule has 1 aliphatic carbocycles. The van der Waals surface area contributed by atoms with E-state index in [1.165, 1.54) is 11.8 Å². The molecule has 5 nitrogen and oxygen atoms in total. The summed E-state index contributed by atoms with van der Waals surface area (Å²) in [6.07, 6.45) is 3.55. The van der Waals surface area contributed by atoms with Gasteiger partial charge in [0.1, 0.15) is 0 Å². The maximum Gasteiger partial charge on any atom is 0.230 e. The summed E-state index contributed by atoms with van der Waals surface area (Å²) in [5.41, 5.74) is 0.987. The van der Waals surface area contributed by atoms with Gasteiger partial charge in [0.2, 0.25) is 11.8 Å². The highest BCUT2D eigenvalue weighted by Gasteiger charge is 2.38. The van der Waals surface area contributed by atoms with Gasteiger partial charge in [-0.3, -0.25) is 9.59 Å². The lowest BCUT2D eigenvalue weighted by Gasteiger charge is -2.43. The van der Waals surface area contributed by atoms with Crippen LogP contribution in [0.25, 0.3) is 10.2 Å². The lowest BCUT2D eigenvalue weighted by molar-refractivity contribution is -0.127. The van der Waals surface area contributed by atoms with Gasteiger partial charge < -0.3 is 10.6 Å². The number of amides is 2. The van der Waals surface area contributed by atoms with Crippen molar-refractivity contribution in [1.29, 1.82) is 0 Å². The number of thiazole rings is 1. The van der Waals surface area contributed by atoms with E-state index in [0.717, 1.165) is 33.8 Å². The predicted molar refractivity (Wildman–Crippen MR) is 105 cm³/mol. The first-order valence-corrected chi connectivity index (χ1v) is 11.0. The van der Waals surface area contributed by atoms with Gasteiger partial charge in [-0.15, -0.1) is 11.3 Å². The van der Waals surface area contributed by atoms with Crippen molar-refractivity contribution in [2.45, 2.75) is 49.0 Å². The minimum absolute atomic E-state index is 0.0490. The first-order chi connectivity index (χ1) is 12.6. The van der Waals surface area contributed by atoms with Gasteiger partial charge in [0.25, 0.3) is 0 Å². The molecule has 0 radical (unpaired) electrons. The largest absolute Gasteiger partial charge is 0.353 e. The molecule has 1 saturated heterocycles. The summed E-state index contributed by atoms with van der Waals surface area (Å²) in [5.74, 6) is 1.58. The van der Waals surface area contributed by atoms with E-state index < -0.39 is 0 Å². The molecule has 4 unspecified atom stereocenters. The summed E-state index contributed by atoms with van der Waals surface area (Å²) in [5, 5.41) is 6.27. The summed E-state index contributed by atoms with van der Waals surface area (Å²) < 4.78 is 2.08. The van der Waals surface area contributed by atoms with Gasteiger partial charge in [-0.05, 0) is 43.2 Å². The van der Waals surface area contributed by atoms with E-state index in [2.05, 4.69) is 28.6 Å². The second kappa shape index (κ2) is 7.56. The predicted octanol–water partition coefficient (Wildman–Crippen LogP) is 3.20. The number of nitrogens with zero attached hydrogens (tertiary/aromatic N) is 1. The minimum Gasteiger partial charge on any atom is -0.353 e. The Kier molecular flexibility index (Phi) is 5.18. The molecular weight excluding hydrogens is 366 g/mol. The number of piperidine rings is 1. The average molecular weight is 390 g/mol. The number of rotatable bonds is 4. The number of nitrogens with one attached hydrogen (secondary N) is 2. The van der Waals surface area contributed by atoms with Crippen molar-refractivity contribution in [3.63, 3.8) is 0 Å². The fourth-order valence-corrected chi connectivity index (χ4v) is 6.07. The van der Waals surface area contributed by atoms with Gasteiger partial charge >= 0.3 is 0 Å². The van der Waals surface area contributed by atoms with Crippen LogP contribution in [0.15, 0.2) is 28.6 Å². The second-order valence-electron chi connectivity index (χ2n) is 7.33. The molecule has 2 heterocycles.